The van der Waals surface area contributed by atoms with Crippen molar-refractivity contribution in [1.82, 2.24) is 9.88 Å². The van der Waals surface area contributed by atoms with Gasteiger partial charge >= 0.3 is 18.1 Å². The molecule has 0 radical (unpaired) electrons. The van der Waals surface area contributed by atoms with Gasteiger partial charge in [0.1, 0.15) is 5.75 Å². The van der Waals surface area contributed by atoms with Crippen LogP contribution in [0.15, 0.2) is 48.5 Å². The van der Waals surface area contributed by atoms with Crippen molar-refractivity contribution in [3.05, 3.63) is 54.1 Å². The molecular weight excluding hydrogens is 473 g/mol. The molecule has 0 bridgehead atoms. The molecule has 11 heteroatoms. The summed E-state index contributed by atoms with van der Waals surface area (Å²) in [6.45, 7) is 2.70. The predicted molar refractivity (Wildman–Crippen MR) is 120 cm³/mol. The molecule has 1 saturated heterocycles. The SMILES string of the molecule is O=C(O)C(F)(F)F.O=C(O)C1CCN(CCc2ccc(Oc3nc4ccccc4s3)cc2)CC1. The van der Waals surface area contributed by atoms with E-state index >= 15 is 0 Å². The van der Waals surface area contributed by atoms with E-state index in [1.54, 1.807) is 11.3 Å². The highest BCUT2D eigenvalue weighted by Gasteiger charge is 2.38. The predicted octanol–water partition coefficient (Wildman–Crippen LogP) is 5.06. The monoisotopic (exact) mass is 496 g/mol. The molecule has 0 unspecified atom stereocenters. The molecule has 3 aromatic rings. The van der Waals surface area contributed by atoms with Gasteiger partial charge in [-0.2, -0.15) is 13.2 Å². The van der Waals surface area contributed by atoms with E-state index < -0.39 is 18.1 Å². The number of piperidine rings is 1. The average molecular weight is 497 g/mol. The lowest BCUT2D eigenvalue weighted by Crippen LogP contribution is -2.37. The van der Waals surface area contributed by atoms with Crippen molar-refractivity contribution < 1.29 is 37.7 Å². The highest BCUT2D eigenvalue weighted by Crippen LogP contribution is 2.31. The number of nitrogens with zero attached hydrogens (tertiary/aromatic N) is 2. The topological polar surface area (TPSA) is 100.0 Å². The summed E-state index contributed by atoms with van der Waals surface area (Å²) in [7, 11) is 0. The number of benzene rings is 2. The first-order chi connectivity index (χ1) is 16.1. The van der Waals surface area contributed by atoms with Gasteiger partial charge in [-0.1, -0.05) is 35.6 Å². The fourth-order valence-electron chi connectivity index (χ4n) is 3.41. The molecular formula is C23H23F3N2O5S. The lowest BCUT2D eigenvalue weighted by atomic mass is 9.97. The second kappa shape index (κ2) is 11.3. The van der Waals surface area contributed by atoms with E-state index in [0.29, 0.717) is 5.19 Å². The molecule has 7 nitrogen and oxygen atoms in total. The van der Waals surface area contributed by atoms with Gasteiger partial charge in [0.15, 0.2) is 0 Å². The Morgan fingerprint density at radius 2 is 1.68 bits per heavy atom. The van der Waals surface area contributed by atoms with Gasteiger partial charge in [-0.3, -0.25) is 4.79 Å². The van der Waals surface area contributed by atoms with Crippen molar-refractivity contribution in [2.75, 3.05) is 19.6 Å². The molecule has 2 aromatic carbocycles. The average Bonchev–Trinajstić information content (AvgIpc) is 3.21. The Hall–Kier alpha value is -3.18. The summed E-state index contributed by atoms with van der Waals surface area (Å²) in [4.78, 5) is 26.8. The molecule has 1 aromatic heterocycles. The van der Waals surface area contributed by atoms with E-state index in [9.17, 15) is 18.0 Å². The van der Waals surface area contributed by atoms with Crippen molar-refractivity contribution in [2.45, 2.75) is 25.4 Å². The molecule has 1 aliphatic heterocycles. The summed E-state index contributed by atoms with van der Waals surface area (Å²) in [6.07, 6.45) is -2.62. The first-order valence-corrected chi connectivity index (χ1v) is 11.3. The number of carbonyl (C=O) groups is 2. The van der Waals surface area contributed by atoms with Gasteiger partial charge in [0.2, 0.25) is 0 Å². The highest BCUT2D eigenvalue weighted by molar-refractivity contribution is 7.20. The maximum atomic E-state index is 11.0. The molecule has 0 aliphatic carbocycles. The molecule has 0 saturated carbocycles. The fourth-order valence-corrected chi connectivity index (χ4v) is 4.25. The van der Waals surface area contributed by atoms with E-state index in [0.717, 1.165) is 54.9 Å². The van der Waals surface area contributed by atoms with E-state index in [4.69, 9.17) is 19.7 Å². The van der Waals surface area contributed by atoms with Gasteiger partial charge in [-0.05, 0) is 62.2 Å². The normalized spacial score (nSPS) is 14.9. The zero-order chi connectivity index (χ0) is 24.7. The number of hydrogen-bond acceptors (Lipinski definition) is 6. The Morgan fingerprint density at radius 3 is 2.24 bits per heavy atom. The number of hydrogen-bond donors (Lipinski definition) is 2. The Kier molecular flexibility index (Phi) is 8.46. The fraction of sp³-hybridized carbons (Fsp3) is 0.348. The van der Waals surface area contributed by atoms with Crippen molar-refractivity contribution >= 4 is 33.5 Å². The third kappa shape index (κ3) is 7.42. The zero-order valence-corrected chi connectivity index (χ0v) is 18.8. The van der Waals surface area contributed by atoms with Crippen molar-refractivity contribution in [3.63, 3.8) is 0 Å². The van der Waals surface area contributed by atoms with Gasteiger partial charge in [0.25, 0.3) is 5.19 Å². The van der Waals surface area contributed by atoms with E-state index in [1.165, 1.54) is 5.56 Å². The zero-order valence-electron chi connectivity index (χ0n) is 18.0. The minimum atomic E-state index is -5.08. The van der Waals surface area contributed by atoms with E-state index in [-0.39, 0.29) is 5.92 Å². The number of likely N-dealkylation sites (tertiary alicyclic amines) is 1. The third-order valence-electron chi connectivity index (χ3n) is 5.30. The maximum absolute atomic E-state index is 11.0. The molecule has 0 spiro atoms. The number of rotatable bonds is 6. The number of carboxylic acid groups (broad SMARTS) is 2. The number of fused-ring (bicyclic) bond motifs is 1. The molecule has 182 valence electrons. The quantitative estimate of drug-likeness (QED) is 0.492. The Morgan fingerprint density at radius 1 is 1.06 bits per heavy atom. The third-order valence-corrected chi connectivity index (χ3v) is 6.21. The molecule has 1 aliphatic rings. The van der Waals surface area contributed by atoms with Crippen molar-refractivity contribution in [2.24, 2.45) is 5.92 Å². The molecule has 0 amide bonds. The number of para-hydroxylation sites is 1. The maximum Gasteiger partial charge on any atom is 0.490 e. The van der Waals surface area contributed by atoms with Crippen LogP contribution in [0.25, 0.3) is 10.2 Å². The van der Waals surface area contributed by atoms with Crippen LogP contribution in [-0.4, -0.2) is 57.8 Å². The van der Waals surface area contributed by atoms with Gasteiger partial charge in [-0.25, -0.2) is 9.78 Å². The van der Waals surface area contributed by atoms with Gasteiger partial charge in [0.05, 0.1) is 16.1 Å². The van der Waals surface area contributed by atoms with Crippen LogP contribution in [-0.2, 0) is 16.0 Å². The van der Waals surface area contributed by atoms with Crippen molar-refractivity contribution in [3.8, 4) is 10.9 Å². The first kappa shape index (κ1) is 25.4. The molecule has 1 fully saturated rings. The van der Waals surface area contributed by atoms with Gasteiger partial charge < -0.3 is 19.8 Å². The van der Waals surface area contributed by atoms with Crippen LogP contribution in [0.5, 0.6) is 10.9 Å². The van der Waals surface area contributed by atoms with Crippen LogP contribution in [0.1, 0.15) is 18.4 Å². The summed E-state index contributed by atoms with van der Waals surface area (Å²) < 4.78 is 38.7. The number of aromatic nitrogens is 1. The van der Waals surface area contributed by atoms with Crippen LogP contribution >= 0.6 is 11.3 Å². The Balaban J connectivity index is 0.000000406. The number of halogens is 3. The lowest BCUT2D eigenvalue weighted by molar-refractivity contribution is -0.192. The van der Waals surface area contributed by atoms with E-state index in [2.05, 4.69) is 22.0 Å². The van der Waals surface area contributed by atoms with Crippen LogP contribution in [0.2, 0.25) is 0 Å². The number of aliphatic carboxylic acids is 2. The summed E-state index contributed by atoms with van der Waals surface area (Å²) in [5.41, 5.74) is 2.22. The summed E-state index contributed by atoms with van der Waals surface area (Å²) in [5, 5.41) is 16.9. The summed E-state index contributed by atoms with van der Waals surface area (Å²) in [6, 6.07) is 16.2. The van der Waals surface area contributed by atoms with Crippen LogP contribution in [0.3, 0.4) is 0 Å². The summed E-state index contributed by atoms with van der Waals surface area (Å²) in [5.74, 6) is -2.79. The Labute approximate surface area is 197 Å². The van der Waals surface area contributed by atoms with Gasteiger partial charge in [-0.15, -0.1) is 0 Å². The molecule has 34 heavy (non-hydrogen) atoms. The Bertz CT molecular complexity index is 1080. The number of ether oxygens (including phenoxy) is 1. The molecule has 2 heterocycles. The molecule has 0 atom stereocenters. The second-order valence-corrected chi connectivity index (χ2v) is 8.69. The minimum Gasteiger partial charge on any atom is -0.481 e. The van der Waals surface area contributed by atoms with E-state index in [1.807, 2.05) is 36.4 Å². The van der Waals surface area contributed by atoms with Crippen LogP contribution in [0, 0.1) is 5.92 Å². The lowest BCUT2D eigenvalue weighted by Gasteiger charge is -2.29. The standard InChI is InChI=1S/C21H22N2O3S.C2HF3O2/c24-20(25)16-10-13-23(14-11-16)12-9-15-5-7-17(8-6-15)26-21-22-18-3-1-2-4-19(18)27-21;3-2(4,5)1(6)7/h1-8,16H,9-14H2,(H,24,25);(H,6,7). The number of thiazole rings is 1. The van der Waals surface area contributed by atoms with Crippen LogP contribution in [0.4, 0.5) is 13.2 Å². The van der Waals surface area contributed by atoms with Crippen molar-refractivity contribution in [1.29, 1.82) is 0 Å². The molecule has 4 rings (SSSR count). The molecule has 2 N–H and O–H groups in total. The minimum absolute atomic E-state index is 0.166. The second-order valence-electron chi connectivity index (χ2n) is 7.70. The summed E-state index contributed by atoms with van der Waals surface area (Å²) >= 11 is 1.55. The largest absolute Gasteiger partial charge is 0.490 e. The number of alkyl halides is 3. The first-order valence-electron chi connectivity index (χ1n) is 10.5. The van der Waals surface area contributed by atoms with Crippen LogP contribution < -0.4 is 4.74 Å². The smallest absolute Gasteiger partial charge is 0.481 e. The number of carboxylic acids is 2. The highest BCUT2D eigenvalue weighted by atomic mass is 32.1. The van der Waals surface area contributed by atoms with Gasteiger partial charge in [0, 0.05) is 6.54 Å².